The fourth-order valence-corrected chi connectivity index (χ4v) is 1.81. The number of methoxy groups -OCH3 is 2. The first kappa shape index (κ1) is 15.9. The van der Waals surface area contributed by atoms with Gasteiger partial charge in [-0.2, -0.15) is 0 Å². The second-order valence-corrected chi connectivity index (χ2v) is 4.50. The van der Waals surface area contributed by atoms with Crippen LogP contribution in [0.5, 0.6) is 0 Å². The van der Waals surface area contributed by atoms with Crippen molar-refractivity contribution in [3.63, 3.8) is 0 Å². The van der Waals surface area contributed by atoms with Crippen molar-refractivity contribution < 1.29 is 9.47 Å². The van der Waals surface area contributed by atoms with Gasteiger partial charge in [0.25, 0.3) is 0 Å². The summed E-state index contributed by atoms with van der Waals surface area (Å²) >= 11 is 0. The highest BCUT2D eigenvalue weighted by Gasteiger charge is 1.97. The molecule has 0 atom stereocenters. The number of benzene rings is 1. The molecule has 1 rings (SSSR count). The maximum atomic E-state index is 5.11. The molecule has 0 heterocycles. The van der Waals surface area contributed by atoms with E-state index in [0.29, 0.717) is 6.61 Å². The summed E-state index contributed by atoms with van der Waals surface area (Å²) in [4.78, 5) is 0. The van der Waals surface area contributed by atoms with Gasteiger partial charge in [-0.1, -0.05) is 42.8 Å². The van der Waals surface area contributed by atoms with Crippen LogP contribution in [0, 0.1) is 0 Å². The van der Waals surface area contributed by atoms with Crippen LogP contribution in [0.25, 0.3) is 6.08 Å². The van der Waals surface area contributed by atoms with Crippen LogP contribution in [0.1, 0.15) is 24.5 Å². The van der Waals surface area contributed by atoms with Crippen molar-refractivity contribution in [1.82, 2.24) is 5.32 Å². The Morgan fingerprint density at radius 2 is 1.89 bits per heavy atom. The Labute approximate surface area is 116 Å². The van der Waals surface area contributed by atoms with E-state index in [-0.39, 0.29) is 0 Å². The molecule has 1 aromatic carbocycles. The van der Waals surface area contributed by atoms with Gasteiger partial charge >= 0.3 is 0 Å². The first-order valence-corrected chi connectivity index (χ1v) is 6.77. The highest BCUT2D eigenvalue weighted by atomic mass is 16.5. The number of ether oxygens (including phenoxy) is 2. The van der Waals surface area contributed by atoms with Crippen molar-refractivity contribution in [2.24, 2.45) is 0 Å². The summed E-state index contributed by atoms with van der Waals surface area (Å²) in [7, 11) is 3.44. The predicted molar refractivity (Wildman–Crippen MR) is 80.2 cm³/mol. The third kappa shape index (κ3) is 6.53. The standard InChI is InChI=1S/C16H25NO2/c1-4-14(12-17-9-10-18-2)11-15-5-7-16(8-6-15)13-19-3/h5-8,11,17H,4,9-10,12-13H2,1-3H3. The molecule has 0 radical (unpaired) electrons. The molecule has 0 bridgehead atoms. The molecule has 0 saturated carbocycles. The Balaban J connectivity index is 2.53. The average molecular weight is 263 g/mol. The molecule has 0 aromatic heterocycles. The zero-order valence-corrected chi connectivity index (χ0v) is 12.2. The van der Waals surface area contributed by atoms with E-state index >= 15 is 0 Å². The summed E-state index contributed by atoms with van der Waals surface area (Å²) < 4.78 is 10.1. The number of hydrogen-bond acceptors (Lipinski definition) is 3. The molecular weight excluding hydrogens is 238 g/mol. The van der Waals surface area contributed by atoms with E-state index in [2.05, 4.69) is 42.6 Å². The van der Waals surface area contributed by atoms with Gasteiger partial charge in [0.2, 0.25) is 0 Å². The molecule has 0 unspecified atom stereocenters. The van der Waals surface area contributed by atoms with Crippen LogP contribution in [0.3, 0.4) is 0 Å². The summed E-state index contributed by atoms with van der Waals surface area (Å²) in [6.45, 7) is 5.41. The molecule has 3 heteroatoms. The molecular formula is C16H25NO2. The molecule has 106 valence electrons. The van der Waals surface area contributed by atoms with Gasteiger partial charge < -0.3 is 14.8 Å². The lowest BCUT2D eigenvalue weighted by molar-refractivity contribution is 0.185. The molecule has 1 aromatic rings. The first-order chi connectivity index (χ1) is 9.30. The third-order valence-corrected chi connectivity index (χ3v) is 2.95. The second-order valence-electron chi connectivity index (χ2n) is 4.50. The lowest BCUT2D eigenvalue weighted by Gasteiger charge is -2.07. The maximum Gasteiger partial charge on any atom is 0.0713 e. The molecule has 0 aliphatic heterocycles. The molecule has 0 aliphatic rings. The van der Waals surface area contributed by atoms with E-state index in [1.165, 1.54) is 16.7 Å². The number of hydrogen-bond donors (Lipinski definition) is 1. The average Bonchev–Trinajstić information content (AvgIpc) is 2.44. The summed E-state index contributed by atoms with van der Waals surface area (Å²) in [5, 5.41) is 3.38. The molecule has 0 saturated heterocycles. The van der Waals surface area contributed by atoms with Gasteiger partial charge in [0.15, 0.2) is 0 Å². The number of rotatable bonds is 9. The third-order valence-electron chi connectivity index (χ3n) is 2.95. The summed E-state index contributed by atoms with van der Waals surface area (Å²) in [5.41, 5.74) is 3.84. The molecule has 1 N–H and O–H groups in total. The van der Waals surface area contributed by atoms with Gasteiger partial charge in [0.1, 0.15) is 0 Å². The molecule has 19 heavy (non-hydrogen) atoms. The summed E-state index contributed by atoms with van der Waals surface area (Å²) in [6.07, 6.45) is 3.30. The van der Waals surface area contributed by atoms with E-state index < -0.39 is 0 Å². The van der Waals surface area contributed by atoms with Crippen molar-refractivity contribution >= 4 is 6.08 Å². The largest absolute Gasteiger partial charge is 0.383 e. The normalized spacial score (nSPS) is 11.8. The SMILES string of the molecule is CCC(=Cc1ccc(COC)cc1)CNCCOC. The molecule has 0 spiro atoms. The van der Waals surface area contributed by atoms with Crippen LogP contribution < -0.4 is 5.32 Å². The van der Waals surface area contributed by atoms with Gasteiger partial charge in [-0.15, -0.1) is 0 Å². The fraction of sp³-hybridized carbons (Fsp3) is 0.500. The van der Waals surface area contributed by atoms with Crippen molar-refractivity contribution in [1.29, 1.82) is 0 Å². The minimum absolute atomic E-state index is 0.670. The summed E-state index contributed by atoms with van der Waals surface area (Å²) in [5.74, 6) is 0. The Kier molecular flexibility index (Phi) is 8.14. The van der Waals surface area contributed by atoms with Crippen LogP contribution in [0.15, 0.2) is 29.8 Å². The molecule has 0 amide bonds. The van der Waals surface area contributed by atoms with E-state index in [4.69, 9.17) is 9.47 Å². The molecule has 3 nitrogen and oxygen atoms in total. The van der Waals surface area contributed by atoms with E-state index in [1.54, 1.807) is 14.2 Å². The predicted octanol–water partition coefficient (Wildman–Crippen LogP) is 2.86. The quantitative estimate of drug-likeness (QED) is 0.695. The van der Waals surface area contributed by atoms with Gasteiger partial charge in [0, 0.05) is 27.3 Å². The zero-order valence-electron chi connectivity index (χ0n) is 12.2. The minimum atomic E-state index is 0.670. The highest BCUT2D eigenvalue weighted by molar-refractivity contribution is 5.53. The number of nitrogens with one attached hydrogen (secondary N) is 1. The first-order valence-electron chi connectivity index (χ1n) is 6.77. The lowest BCUT2D eigenvalue weighted by Crippen LogP contribution is -2.21. The molecule has 0 fully saturated rings. The van der Waals surface area contributed by atoms with Crippen LogP contribution in [0.2, 0.25) is 0 Å². The van der Waals surface area contributed by atoms with Crippen molar-refractivity contribution in [3.8, 4) is 0 Å². The smallest absolute Gasteiger partial charge is 0.0713 e. The maximum absolute atomic E-state index is 5.11. The van der Waals surface area contributed by atoms with Gasteiger partial charge in [-0.25, -0.2) is 0 Å². The van der Waals surface area contributed by atoms with Crippen LogP contribution >= 0.6 is 0 Å². The van der Waals surface area contributed by atoms with Crippen molar-refractivity contribution in [2.75, 3.05) is 33.9 Å². The van der Waals surface area contributed by atoms with Gasteiger partial charge in [-0.05, 0) is 17.5 Å². The van der Waals surface area contributed by atoms with Gasteiger partial charge in [0.05, 0.1) is 13.2 Å². The molecule has 0 aliphatic carbocycles. The Bertz CT molecular complexity index is 371. The topological polar surface area (TPSA) is 30.5 Å². The minimum Gasteiger partial charge on any atom is -0.383 e. The van der Waals surface area contributed by atoms with Crippen LogP contribution in [0.4, 0.5) is 0 Å². The zero-order chi connectivity index (χ0) is 13.9. The Morgan fingerprint density at radius 1 is 1.16 bits per heavy atom. The highest BCUT2D eigenvalue weighted by Crippen LogP contribution is 2.11. The van der Waals surface area contributed by atoms with Crippen LogP contribution in [-0.4, -0.2) is 33.9 Å². The second kappa shape index (κ2) is 9.73. The van der Waals surface area contributed by atoms with E-state index in [1.807, 2.05) is 0 Å². The van der Waals surface area contributed by atoms with Crippen molar-refractivity contribution in [3.05, 3.63) is 41.0 Å². The monoisotopic (exact) mass is 263 g/mol. The Hall–Kier alpha value is -1.16. The van der Waals surface area contributed by atoms with Crippen molar-refractivity contribution in [2.45, 2.75) is 20.0 Å². The summed E-state index contributed by atoms with van der Waals surface area (Å²) in [6, 6.07) is 8.50. The fourth-order valence-electron chi connectivity index (χ4n) is 1.81. The van der Waals surface area contributed by atoms with E-state index in [0.717, 1.165) is 26.1 Å². The Morgan fingerprint density at radius 3 is 2.47 bits per heavy atom. The lowest BCUT2D eigenvalue weighted by atomic mass is 10.1. The van der Waals surface area contributed by atoms with E-state index in [9.17, 15) is 0 Å². The van der Waals surface area contributed by atoms with Gasteiger partial charge in [-0.3, -0.25) is 0 Å². The van der Waals surface area contributed by atoms with Crippen LogP contribution in [-0.2, 0) is 16.1 Å².